The lowest BCUT2D eigenvalue weighted by atomic mass is 10.3. The second kappa shape index (κ2) is 11.1. The number of hydrogen-bond acceptors (Lipinski definition) is 5. The molecule has 0 radical (unpaired) electrons. The smallest absolute Gasteiger partial charge is 0.269 e. The van der Waals surface area contributed by atoms with Crippen LogP contribution in [0.15, 0.2) is 37.0 Å². The van der Waals surface area contributed by atoms with Crippen LogP contribution in [0, 0.1) is 0 Å². The molecule has 2 N–H and O–H groups in total. The van der Waals surface area contributed by atoms with Crippen molar-refractivity contribution < 1.29 is 14.4 Å². The predicted octanol–water partition coefficient (Wildman–Crippen LogP) is 0.190. The lowest BCUT2D eigenvalue weighted by Crippen LogP contribution is -2.35. The number of hydrogen-bond donors (Lipinski definition) is 2. The summed E-state index contributed by atoms with van der Waals surface area (Å²) in [5.41, 5.74) is 0.225. The molecule has 0 aromatic heterocycles. The molecule has 122 valence electrons. The Morgan fingerprint density at radius 2 is 1.95 bits per heavy atom. The Bertz CT molecular complexity index is 458. The van der Waals surface area contributed by atoms with Crippen LogP contribution in [0.5, 0.6) is 0 Å². The maximum Gasteiger partial charge on any atom is 0.269 e. The average molecular weight is 308 g/mol. The molecule has 0 saturated heterocycles. The number of nitrogens with zero attached hydrogens (tertiary/aromatic N) is 2. The molecule has 22 heavy (non-hydrogen) atoms. The van der Waals surface area contributed by atoms with Crippen LogP contribution >= 0.6 is 0 Å². The van der Waals surface area contributed by atoms with Gasteiger partial charge in [0, 0.05) is 33.3 Å². The fraction of sp³-hybridized carbons (Fsp3) is 0.400. The lowest BCUT2D eigenvalue weighted by Gasteiger charge is -2.18. The first-order chi connectivity index (χ1) is 10.5. The molecule has 0 aliphatic heterocycles. The van der Waals surface area contributed by atoms with E-state index < -0.39 is 5.91 Å². The Morgan fingerprint density at radius 3 is 2.50 bits per heavy atom. The van der Waals surface area contributed by atoms with E-state index in [-0.39, 0.29) is 31.1 Å². The molecule has 0 rings (SSSR count). The largest absolute Gasteiger partial charge is 0.371 e. The average Bonchev–Trinajstić information content (AvgIpc) is 2.47. The normalized spacial score (nSPS) is 11.0. The van der Waals surface area contributed by atoms with E-state index in [4.69, 9.17) is 0 Å². The molecule has 0 aliphatic rings. The van der Waals surface area contributed by atoms with Crippen molar-refractivity contribution in [2.45, 2.75) is 13.3 Å². The van der Waals surface area contributed by atoms with Crippen LogP contribution in [-0.2, 0) is 14.4 Å². The quantitative estimate of drug-likeness (QED) is 0.342. The Kier molecular flexibility index (Phi) is 9.83. The van der Waals surface area contributed by atoms with Gasteiger partial charge < -0.3 is 25.2 Å². The molecule has 0 bridgehead atoms. The molecule has 0 aromatic rings. The van der Waals surface area contributed by atoms with E-state index in [1.54, 1.807) is 25.2 Å². The number of rotatable bonds is 10. The maximum atomic E-state index is 12.0. The number of carbonyl (C=O) groups is 3. The molecular formula is C15H24N4O3. The predicted molar refractivity (Wildman–Crippen MR) is 85.3 cm³/mol. The highest BCUT2D eigenvalue weighted by Gasteiger charge is 2.13. The fourth-order valence-corrected chi connectivity index (χ4v) is 1.49. The van der Waals surface area contributed by atoms with Crippen LogP contribution in [-0.4, -0.2) is 55.1 Å². The molecule has 0 aliphatic carbocycles. The summed E-state index contributed by atoms with van der Waals surface area (Å²) >= 11 is 0. The van der Waals surface area contributed by atoms with Crippen molar-refractivity contribution in [3.05, 3.63) is 37.0 Å². The van der Waals surface area contributed by atoms with E-state index in [2.05, 4.69) is 17.2 Å². The van der Waals surface area contributed by atoms with E-state index in [0.717, 1.165) is 6.29 Å². The van der Waals surface area contributed by atoms with E-state index in [1.165, 1.54) is 17.3 Å². The molecular weight excluding hydrogens is 284 g/mol. The van der Waals surface area contributed by atoms with Gasteiger partial charge in [-0.1, -0.05) is 12.7 Å². The van der Waals surface area contributed by atoms with Crippen molar-refractivity contribution in [2.75, 3.05) is 27.2 Å². The van der Waals surface area contributed by atoms with Crippen molar-refractivity contribution in [1.82, 2.24) is 20.4 Å². The van der Waals surface area contributed by atoms with Gasteiger partial charge in [-0.2, -0.15) is 0 Å². The number of carbonyl (C=O) groups excluding carboxylic acids is 3. The molecule has 0 aromatic carbocycles. The minimum Gasteiger partial charge on any atom is -0.371 e. The summed E-state index contributed by atoms with van der Waals surface area (Å²) in [7, 11) is 3.41. The van der Waals surface area contributed by atoms with Crippen molar-refractivity contribution in [3.63, 3.8) is 0 Å². The maximum absolute atomic E-state index is 12.0. The van der Waals surface area contributed by atoms with Crippen LogP contribution in [0.25, 0.3) is 0 Å². The van der Waals surface area contributed by atoms with Gasteiger partial charge in [-0.25, -0.2) is 0 Å². The molecule has 0 atom stereocenters. The summed E-state index contributed by atoms with van der Waals surface area (Å²) in [6.45, 7) is 5.84. The summed E-state index contributed by atoms with van der Waals surface area (Å²) in [4.78, 5) is 37.2. The zero-order chi connectivity index (χ0) is 17.0. The van der Waals surface area contributed by atoms with Crippen molar-refractivity contribution in [2.24, 2.45) is 0 Å². The van der Waals surface area contributed by atoms with Gasteiger partial charge in [-0.3, -0.25) is 9.59 Å². The van der Waals surface area contributed by atoms with Gasteiger partial charge in [-0.15, -0.1) is 0 Å². The molecule has 7 heteroatoms. The van der Waals surface area contributed by atoms with Gasteiger partial charge in [0.25, 0.3) is 5.91 Å². The Labute approximate surface area is 131 Å². The topological polar surface area (TPSA) is 81.8 Å². The SMILES string of the molecule is C=CN(C)/C(=C\NC(=O)CN(C)/C=C\C)C(=O)NCCC=O. The van der Waals surface area contributed by atoms with Gasteiger partial charge in [-0.05, 0) is 19.3 Å². The standard InChI is InChI=1S/C15H24N4O3/c1-5-9-18(3)12-14(21)17-11-13(19(4)6-2)15(22)16-8-7-10-20/h5-6,9-11H,2,7-8,12H2,1,3-4H3,(H,16,22)(H,17,21)/b9-5-,13-11-. The first kappa shape index (κ1) is 19.4. The van der Waals surface area contributed by atoms with Crippen molar-refractivity contribution in [3.8, 4) is 0 Å². The second-order valence-corrected chi connectivity index (χ2v) is 4.50. The first-order valence-electron chi connectivity index (χ1n) is 6.86. The minimum absolute atomic E-state index is 0.165. The highest BCUT2D eigenvalue weighted by molar-refractivity contribution is 5.93. The summed E-state index contributed by atoms with van der Waals surface area (Å²) in [6.07, 6.45) is 7.32. The van der Waals surface area contributed by atoms with Crippen LogP contribution in [0.2, 0.25) is 0 Å². The Morgan fingerprint density at radius 1 is 1.27 bits per heavy atom. The van der Waals surface area contributed by atoms with Crippen molar-refractivity contribution >= 4 is 18.1 Å². The molecule has 0 saturated carbocycles. The third-order valence-electron chi connectivity index (χ3n) is 2.60. The second-order valence-electron chi connectivity index (χ2n) is 4.50. The van der Waals surface area contributed by atoms with Crippen LogP contribution in [0.4, 0.5) is 0 Å². The minimum atomic E-state index is -0.397. The molecule has 0 unspecified atom stereocenters. The van der Waals surface area contributed by atoms with Gasteiger partial charge in [0.05, 0.1) is 6.54 Å². The monoisotopic (exact) mass is 308 g/mol. The van der Waals surface area contributed by atoms with Crippen molar-refractivity contribution in [1.29, 1.82) is 0 Å². The molecule has 0 heterocycles. The molecule has 2 amide bonds. The van der Waals surface area contributed by atoms with E-state index in [0.29, 0.717) is 0 Å². The number of aldehydes is 1. The van der Waals surface area contributed by atoms with Crippen LogP contribution in [0.3, 0.4) is 0 Å². The van der Waals surface area contributed by atoms with Gasteiger partial charge in [0.2, 0.25) is 5.91 Å². The highest BCUT2D eigenvalue weighted by Crippen LogP contribution is 2.01. The third kappa shape index (κ3) is 7.88. The molecule has 0 spiro atoms. The van der Waals surface area contributed by atoms with E-state index in [9.17, 15) is 14.4 Å². The first-order valence-corrected chi connectivity index (χ1v) is 6.86. The lowest BCUT2D eigenvalue weighted by molar-refractivity contribution is -0.120. The fourth-order valence-electron chi connectivity index (χ4n) is 1.49. The molecule has 0 fully saturated rings. The summed E-state index contributed by atoms with van der Waals surface area (Å²) in [5, 5.41) is 5.15. The zero-order valence-electron chi connectivity index (χ0n) is 13.3. The van der Waals surface area contributed by atoms with Crippen LogP contribution < -0.4 is 10.6 Å². The van der Waals surface area contributed by atoms with E-state index in [1.807, 2.05) is 13.0 Å². The number of amides is 2. The number of nitrogens with one attached hydrogen (secondary N) is 2. The Hall–Kier alpha value is -2.57. The summed E-state index contributed by atoms with van der Waals surface area (Å²) in [5.74, 6) is -0.650. The van der Waals surface area contributed by atoms with Gasteiger partial charge >= 0.3 is 0 Å². The number of likely N-dealkylation sites (N-methyl/N-ethyl adjacent to an activating group) is 2. The highest BCUT2D eigenvalue weighted by atomic mass is 16.2. The van der Waals surface area contributed by atoms with Gasteiger partial charge in [0.15, 0.2) is 0 Å². The summed E-state index contributed by atoms with van der Waals surface area (Å²) < 4.78 is 0. The third-order valence-corrected chi connectivity index (χ3v) is 2.60. The van der Waals surface area contributed by atoms with E-state index >= 15 is 0 Å². The van der Waals surface area contributed by atoms with Gasteiger partial charge in [0.1, 0.15) is 12.0 Å². The summed E-state index contributed by atoms with van der Waals surface area (Å²) in [6, 6.07) is 0. The molecule has 7 nitrogen and oxygen atoms in total. The Balaban J connectivity index is 4.74. The van der Waals surface area contributed by atoms with Crippen LogP contribution in [0.1, 0.15) is 13.3 Å². The number of allylic oxidation sites excluding steroid dienone is 1. The zero-order valence-corrected chi connectivity index (χ0v) is 13.3.